The number of hydrogen-bond donors (Lipinski definition) is 2. The monoisotopic (exact) mass is 336 g/mol. The van der Waals surface area contributed by atoms with Gasteiger partial charge in [-0.3, -0.25) is 4.90 Å². The molecule has 0 atom stereocenters. The van der Waals surface area contributed by atoms with Gasteiger partial charge in [-0.2, -0.15) is 0 Å². The van der Waals surface area contributed by atoms with Crippen molar-refractivity contribution in [2.24, 2.45) is 10.9 Å². The van der Waals surface area contributed by atoms with E-state index < -0.39 is 0 Å². The van der Waals surface area contributed by atoms with Crippen molar-refractivity contribution in [3.05, 3.63) is 18.2 Å². The second kappa shape index (κ2) is 10.3. The molecule has 1 aromatic heterocycles. The third-order valence-corrected chi connectivity index (χ3v) is 3.91. The zero-order valence-corrected chi connectivity index (χ0v) is 15.3. The lowest BCUT2D eigenvalue weighted by molar-refractivity contribution is 0.0389. The summed E-state index contributed by atoms with van der Waals surface area (Å²) >= 11 is 0. The number of imidazole rings is 1. The van der Waals surface area contributed by atoms with Crippen LogP contribution < -0.4 is 10.6 Å². The Hall–Kier alpha value is -1.60. The SMILES string of the molecule is CCNC(=NCc1nccn1CC(C)C)NCCN1CCOCC1. The first-order valence-corrected chi connectivity index (χ1v) is 9.01. The molecule has 1 aliphatic rings. The summed E-state index contributed by atoms with van der Waals surface area (Å²) in [5.41, 5.74) is 0. The fraction of sp³-hybridized carbons (Fsp3) is 0.765. The molecular formula is C17H32N6O. The minimum absolute atomic E-state index is 0.590. The van der Waals surface area contributed by atoms with Crippen molar-refractivity contribution in [1.29, 1.82) is 0 Å². The van der Waals surface area contributed by atoms with Gasteiger partial charge in [0, 0.05) is 51.7 Å². The third-order valence-electron chi connectivity index (χ3n) is 3.91. The lowest BCUT2D eigenvalue weighted by atomic mass is 10.2. The summed E-state index contributed by atoms with van der Waals surface area (Å²) in [6, 6.07) is 0. The Labute approximate surface area is 145 Å². The van der Waals surface area contributed by atoms with Crippen LogP contribution in [-0.4, -0.2) is 66.3 Å². The van der Waals surface area contributed by atoms with Gasteiger partial charge in [-0.25, -0.2) is 9.98 Å². The Morgan fingerprint density at radius 1 is 1.33 bits per heavy atom. The van der Waals surface area contributed by atoms with E-state index in [9.17, 15) is 0 Å². The number of nitrogens with zero attached hydrogens (tertiary/aromatic N) is 4. The molecule has 0 bridgehead atoms. The molecular weight excluding hydrogens is 304 g/mol. The number of guanidine groups is 1. The summed E-state index contributed by atoms with van der Waals surface area (Å²) in [6.45, 7) is 14.5. The van der Waals surface area contributed by atoms with E-state index in [-0.39, 0.29) is 0 Å². The second-order valence-corrected chi connectivity index (χ2v) is 6.47. The number of aliphatic imine (C=N–C) groups is 1. The van der Waals surface area contributed by atoms with Crippen molar-refractivity contribution in [2.45, 2.75) is 33.9 Å². The maximum Gasteiger partial charge on any atom is 0.191 e. The molecule has 1 aromatic rings. The van der Waals surface area contributed by atoms with E-state index in [2.05, 4.69) is 50.8 Å². The topological polar surface area (TPSA) is 66.7 Å². The van der Waals surface area contributed by atoms with Gasteiger partial charge >= 0.3 is 0 Å². The molecule has 0 amide bonds. The predicted octanol–water partition coefficient (Wildman–Crippen LogP) is 0.926. The molecule has 7 nitrogen and oxygen atoms in total. The van der Waals surface area contributed by atoms with Gasteiger partial charge in [0.15, 0.2) is 5.96 Å². The zero-order chi connectivity index (χ0) is 17.2. The predicted molar refractivity (Wildman–Crippen MR) is 97.1 cm³/mol. The smallest absolute Gasteiger partial charge is 0.191 e. The van der Waals surface area contributed by atoms with Crippen LogP contribution in [0.1, 0.15) is 26.6 Å². The molecule has 0 spiro atoms. The second-order valence-electron chi connectivity index (χ2n) is 6.47. The molecule has 1 aliphatic heterocycles. The van der Waals surface area contributed by atoms with E-state index in [0.29, 0.717) is 12.5 Å². The van der Waals surface area contributed by atoms with Crippen LogP contribution in [0.3, 0.4) is 0 Å². The van der Waals surface area contributed by atoms with Crippen LogP contribution in [-0.2, 0) is 17.8 Å². The molecule has 2 rings (SSSR count). The number of nitrogens with one attached hydrogen (secondary N) is 2. The summed E-state index contributed by atoms with van der Waals surface area (Å²) < 4.78 is 7.56. The highest BCUT2D eigenvalue weighted by Crippen LogP contribution is 2.04. The average Bonchev–Trinajstić information content (AvgIpc) is 3.00. The molecule has 0 radical (unpaired) electrons. The Morgan fingerprint density at radius 3 is 2.83 bits per heavy atom. The Kier molecular flexibility index (Phi) is 8.04. The quantitative estimate of drug-likeness (QED) is 0.546. The highest BCUT2D eigenvalue weighted by Gasteiger charge is 2.10. The zero-order valence-electron chi connectivity index (χ0n) is 15.3. The lowest BCUT2D eigenvalue weighted by Crippen LogP contribution is -2.44. The maximum absolute atomic E-state index is 5.38. The number of morpholine rings is 1. The van der Waals surface area contributed by atoms with Crippen LogP contribution in [0.25, 0.3) is 0 Å². The lowest BCUT2D eigenvalue weighted by Gasteiger charge is -2.26. The minimum Gasteiger partial charge on any atom is -0.379 e. The van der Waals surface area contributed by atoms with Crippen molar-refractivity contribution >= 4 is 5.96 Å². The van der Waals surface area contributed by atoms with Crippen molar-refractivity contribution in [3.8, 4) is 0 Å². The first-order chi connectivity index (χ1) is 11.7. The first-order valence-electron chi connectivity index (χ1n) is 9.01. The van der Waals surface area contributed by atoms with Gasteiger partial charge in [0.25, 0.3) is 0 Å². The van der Waals surface area contributed by atoms with Crippen LogP contribution in [0.4, 0.5) is 0 Å². The molecule has 0 aliphatic carbocycles. The highest BCUT2D eigenvalue weighted by molar-refractivity contribution is 5.79. The largest absolute Gasteiger partial charge is 0.379 e. The van der Waals surface area contributed by atoms with E-state index in [4.69, 9.17) is 4.74 Å². The van der Waals surface area contributed by atoms with E-state index in [1.54, 1.807) is 0 Å². The molecule has 7 heteroatoms. The number of ether oxygens (including phenoxy) is 1. The van der Waals surface area contributed by atoms with E-state index in [1.807, 2.05) is 12.4 Å². The average molecular weight is 336 g/mol. The fourth-order valence-corrected chi connectivity index (χ4v) is 2.70. The van der Waals surface area contributed by atoms with Gasteiger partial charge in [-0.15, -0.1) is 0 Å². The van der Waals surface area contributed by atoms with Crippen LogP contribution in [0.15, 0.2) is 17.4 Å². The summed E-state index contributed by atoms with van der Waals surface area (Å²) in [6.07, 6.45) is 3.88. The number of aromatic nitrogens is 2. The molecule has 1 fully saturated rings. The maximum atomic E-state index is 5.38. The van der Waals surface area contributed by atoms with E-state index in [0.717, 1.165) is 64.3 Å². The molecule has 0 unspecified atom stereocenters. The van der Waals surface area contributed by atoms with Crippen LogP contribution in [0.5, 0.6) is 0 Å². The van der Waals surface area contributed by atoms with Crippen molar-refractivity contribution in [3.63, 3.8) is 0 Å². The molecule has 0 saturated carbocycles. The standard InChI is InChI=1S/C17H32N6O/c1-4-18-17(20-5-7-22-9-11-24-12-10-22)21-13-16-19-6-8-23(16)14-15(2)3/h6,8,15H,4-5,7,9-14H2,1-3H3,(H2,18,20,21). The summed E-state index contributed by atoms with van der Waals surface area (Å²) in [5.74, 6) is 2.46. The van der Waals surface area contributed by atoms with Crippen molar-refractivity contribution < 1.29 is 4.74 Å². The van der Waals surface area contributed by atoms with Gasteiger partial charge in [0.1, 0.15) is 12.4 Å². The Bertz CT molecular complexity index is 493. The van der Waals surface area contributed by atoms with Gasteiger partial charge in [0.2, 0.25) is 0 Å². The third kappa shape index (κ3) is 6.49. The van der Waals surface area contributed by atoms with Crippen molar-refractivity contribution in [2.75, 3.05) is 45.9 Å². The molecule has 136 valence electrons. The normalized spacial score (nSPS) is 16.6. The molecule has 2 N–H and O–H groups in total. The van der Waals surface area contributed by atoms with Crippen molar-refractivity contribution in [1.82, 2.24) is 25.1 Å². The van der Waals surface area contributed by atoms with Gasteiger partial charge < -0.3 is 19.9 Å². The fourth-order valence-electron chi connectivity index (χ4n) is 2.70. The minimum atomic E-state index is 0.590. The number of rotatable bonds is 8. The summed E-state index contributed by atoms with van der Waals surface area (Å²) in [5, 5.41) is 6.71. The van der Waals surface area contributed by atoms with E-state index >= 15 is 0 Å². The van der Waals surface area contributed by atoms with Gasteiger partial charge in [-0.05, 0) is 12.8 Å². The first kappa shape index (κ1) is 18.7. The molecule has 2 heterocycles. The molecule has 1 saturated heterocycles. The Balaban J connectivity index is 1.82. The van der Waals surface area contributed by atoms with Crippen LogP contribution in [0.2, 0.25) is 0 Å². The number of hydrogen-bond acceptors (Lipinski definition) is 4. The van der Waals surface area contributed by atoms with Crippen LogP contribution >= 0.6 is 0 Å². The highest BCUT2D eigenvalue weighted by atomic mass is 16.5. The summed E-state index contributed by atoms with van der Waals surface area (Å²) in [7, 11) is 0. The molecule has 0 aromatic carbocycles. The van der Waals surface area contributed by atoms with E-state index in [1.165, 1.54) is 0 Å². The van der Waals surface area contributed by atoms with Gasteiger partial charge in [0.05, 0.1) is 13.2 Å². The Morgan fingerprint density at radius 2 is 2.12 bits per heavy atom. The van der Waals surface area contributed by atoms with Crippen LogP contribution in [0, 0.1) is 5.92 Å². The molecule has 24 heavy (non-hydrogen) atoms. The van der Waals surface area contributed by atoms with Gasteiger partial charge in [-0.1, -0.05) is 13.8 Å². The summed E-state index contributed by atoms with van der Waals surface area (Å²) in [4.78, 5) is 11.5.